The van der Waals surface area contributed by atoms with E-state index in [1.165, 1.54) is 0 Å². The molecule has 1 saturated heterocycles. The third-order valence-corrected chi connectivity index (χ3v) is 4.04. The van der Waals surface area contributed by atoms with Gasteiger partial charge in [0.15, 0.2) is 0 Å². The molecule has 0 bridgehead atoms. The smallest absolute Gasteiger partial charge is 0.137 e. The van der Waals surface area contributed by atoms with Gasteiger partial charge in [0.25, 0.3) is 0 Å². The maximum absolute atomic E-state index is 10.8. The van der Waals surface area contributed by atoms with Gasteiger partial charge in [-0.15, -0.1) is 0 Å². The number of aliphatic hydroxyl groups is 1. The molecule has 2 rings (SSSR count). The van der Waals surface area contributed by atoms with Crippen LogP contribution in [0.5, 0.6) is 5.75 Å². The Morgan fingerprint density at radius 3 is 2.83 bits per heavy atom. The van der Waals surface area contributed by atoms with Crippen molar-refractivity contribution < 1.29 is 9.84 Å². The van der Waals surface area contributed by atoms with Gasteiger partial charge in [0, 0.05) is 6.54 Å². The fraction of sp³-hybridized carbons (Fsp3) is 0.571. The lowest BCUT2D eigenvalue weighted by Gasteiger charge is -2.27. The predicted octanol–water partition coefficient (Wildman–Crippen LogP) is 2.65. The van der Waals surface area contributed by atoms with Gasteiger partial charge in [0.1, 0.15) is 5.75 Å². The van der Waals surface area contributed by atoms with E-state index >= 15 is 0 Å². The van der Waals surface area contributed by atoms with Gasteiger partial charge in [-0.05, 0) is 50.6 Å². The Morgan fingerprint density at radius 1 is 1.33 bits per heavy atom. The van der Waals surface area contributed by atoms with Gasteiger partial charge < -0.3 is 14.7 Å². The average Bonchev–Trinajstić information content (AvgIpc) is 2.53. The summed E-state index contributed by atoms with van der Waals surface area (Å²) in [7, 11) is 3.68. The van der Waals surface area contributed by atoms with Crippen LogP contribution in [0, 0.1) is 0 Å². The van der Waals surface area contributed by atoms with Crippen LogP contribution >= 0.6 is 11.6 Å². The molecule has 1 aromatic rings. The van der Waals surface area contributed by atoms with E-state index in [0.717, 1.165) is 37.9 Å². The highest BCUT2D eigenvalue weighted by Gasteiger charge is 2.31. The molecule has 1 N–H and O–H groups in total. The van der Waals surface area contributed by atoms with Gasteiger partial charge in [-0.25, -0.2) is 0 Å². The molecule has 1 fully saturated rings. The Balaban J connectivity index is 2.28. The first kappa shape index (κ1) is 13.7. The topological polar surface area (TPSA) is 32.7 Å². The summed E-state index contributed by atoms with van der Waals surface area (Å²) in [6.07, 6.45) is 2.52. The number of methoxy groups -OCH3 is 1. The molecule has 1 atom stereocenters. The molecule has 0 aromatic heterocycles. The maximum atomic E-state index is 10.8. The van der Waals surface area contributed by atoms with E-state index in [2.05, 4.69) is 11.9 Å². The highest BCUT2D eigenvalue weighted by molar-refractivity contribution is 6.32. The molecular weight excluding hydrogens is 250 g/mol. The first-order valence-corrected chi connectivity index (χ1v) is 6.68. The minimum absolute atomic E-state index is 0.579. The normalized spacial score (nSPS) is 25.8. The van der Waals surface area contributed by atoms with E-state index in [4.69, 9.17) is 16.3 Å². The predicted molar refractivity (Wildman–Crippen MR) is 73.2 cm³/mol. The molecule has 4 heteroatoms. The summed E-state index contributed by atoms with van der Waals surface area (Å²) in [5.74, 6) is 0.625. The highest BCUT2D eigenvalue weighted by atomic mass is 35.5. The number of hydrogen-bond acceptors (Lipinski definition) is 3. The molecule has 0 radical (unpaired) electrons. The lowest BCUT2D eigenvalue weighted by molar-refractivity contribution is 0.0216. The van der Waals surface area contributed by atoms with Crippen LogP contribution in [-0.4, -0.2) is 37.3 Å². The summed E-state index contributed by atoms with van der Waals surface area (Å²) in [6.45, 7) is 1.94. The number of rotatable bonds is 2. The van der Waals surface area contributed by atoms with Crippen molar-refractivity contribution in [3.05, 3.63) is 28.8 Å². The van der Waals surface area contributed by atoms with Crippen LogP contribution in [0.15, 0.2) is 18.2 Å². The second-order valence-electron chi connectivity index (χ2n) is 5.04. The third-order valence-electron chi connectivity index (χ3n) is 3.73. The van der Waals surface area contributed by atoms with Crippen LogP contribution in [0.1, 0.15) is 24.8 Å². The van der Waals surface area contributed by atoms with Crippen LogP contribution in [0.4, 0.5) is 0 Å². The summed E-state index contributed by atoms with van der Waals surface area (Å²) < 4.78 is 5.22. The van der Waals surface area contributed by atoms with Crippen molar-refractivity contribution in [2.75, 3.05) is 27.2 Å². The zero-order valence-corrected chi connectivity index (χ0v) is 11.7. The van der Waals surface area contributed by atoms with Gasteiger partial charge in [0.2, 0.25) is 0 Å². The molecule has 1 aliphatic rings. The number of halogens is 1. The van der Waals surface area contributed by atoms with Gasteiger partial charge in [0.05, 0.1) is 17.7 Å². The second kappa shape index (κ2) is 5.47. The van der Waals surface area contributed by atoms with E-state index < -0.39 is 5.60 Å². The van der Waals surface area contributed by atoms with E-state index in [1.807, 2.05) is 12.1 Å². The van der Waals surface area contributed by atoms with Crippen molar-refractivity contribution in [2.24, 2.45) is 0 Å². The Kier molecular flexibility index (Phi) is 4.15. The molecule has 0 saturated carbocycles. The van der Waals surface area contributed by atoms with Gasteiger partial charge in [-0.2, -0.15) is 0 Å². The molecule has 100 valence electrons. The van der Waals surface area contributed by atoms with E-state index in [0.29, 0.717) is 10.8 Å². The summed E-state index contributed by atoms with van der Waals surface area (Å²) >= 11 is 6.02. The zero-order valence-electron chi connectivity index (χ0n) is 10.9. The Hall–Kier alpha value is -0.770. The van der Waals surface area contributed by atoms with Crippen molar-refractivity contribution >= 4 is 11.6 Å². The molecule has 1 heterocycles. The second-order valence-corrected chi connectivity index (χ2v) is 5.44. The zero-order chi connectivity index (χ0) is 13.2. The largest absolute Gasteiger partial charge is 0.495 e. The molecule has 0 amide bonds. The van der Waals surface area contributed by atoms with Crippen LogP contribution in [0.2, 0.25) is 5.02 Å². The molecule has 0 aliphatic carbocycles. The summed E-state index contributed by atoms with van der Waals surface area (Å²) in [5.41, 5.74) is 0.141. The lowest BCUT2D eigenvalue weighted by Crippen LogP contribution is -2.27. The van der Waals surface area contributed by atoms with Crippen LogP contribution in [0.3, 0.4) is 0 Å². The van der Waals surface area contributed by atoms with E-state index in [9.17, 15) is 5.11 Å². The fourth-order valence-corrected chi connectivity index (χ4v) is 2.69. The number of ether oxygens (including phenoxy) is 1. The first-order chi connectivity index (χ1) is 8.55. The lowest BCUT2D eigenvalue weighted by atomic mass is 9.87. The summed E-state index contributed by atoms with van der Waals surface area (Å²) in [6, 6.07) is 5.55. The molecule has 18 heavy (non-hydrogen) atoms. The van der Waals surface area contributed by atoms with Gasteiger partial charge in [-0.1, -0.05) is 17.7 Å². The van der Waals surface area contributed by atoms with E-state index in [1.54, 1.807) is 13.2 Å². The quantitative estimate of drug-likeness (QED) is 0.896. The Morgan fingerprint density at radius 2 is 2.11 bits per heavy atom. The molecule has 3 nitrogen and oxygen atoms in total. The minimum atomic E-state index is -0.761. The van der Waals surface area contributed by atoms with Crippen LogP contribution in [0.25, 0.3) is 0 Å². The maximum Gasteiger partial charge on any atom is 0.137 e. The van der Waals surface area contributed by atoms with Crippen molar-refractivity contribution in [3.8, 4) is 5.75 Å². The summed E-state index contributed by atoms with van der Waals surface area (Å²) in [4.78, 5) is 2.26. The molecule has 1 aromatic carbocycles. The number of nitrogens with zero attached hydrogens (tertiary/aromatic N) is 1. The fourth-order valence-electron chi connectivity index (χ4n) is 2.49. The molecule has 1 aliphatic heterocycles. The van der Waals surface area contributed by atoms with Crippen molar-refractivity contribution in [1.82, 2.24) is 4.90 Å². The van der Waals surface area contributed by atoms with Crippen molar-refractivity contribution in [3.63, 3.8) is 0 Å². The number of likely N-dealkylation sites (tertiary alicyclic amines) is 1. The number of hydrogen-bond donors (Lipinski definition) is 1. The highest BCUT2D eigenvalue weighted by Crippen LogP contribution is 2.36. The van der Waals surface area contributed by atoms with E-state index in [-0.39, 0.29) is 0 Å². The van der Waals surface area contributed by atoms with Gasteiger partial charge in [-0.3, -0.25) is 0 Å². The Bertz CT molecular complexity index is 424. The Labute approximate surface area is 113 Å². The standard InChI is InChI=1S/C14H20ClNO2/c1-16-8-3-6-14(17,7-9-16)11-4-5-12(15)13(10-11)18-2/h4-5,10,17H,3,6-9H2,1-2H3. The molecule has 1 unspecified atom stereocenters. The van der Waals surface area contributed by atoms with Crippen molar-refractivity contribution in [1.29, 1.82) is 0 Å². The van der Waals surface area contributed by atoms with Crippen molar-refractivity contribution in [2.45, 2.75) is 24.9 Å². The first-order valence-electron chi connectivity index (χ1n) is 6.30. The average molecular weight is 270 g/mol. The SMILES string of the molecule is COc1cc(C2(O)CCCN(C)CC2)ccc1Cl. The minimum Gasteiger partial charge on any atom is -0.495 e. The number of benzene rings is 1. The third kappa shape index (κ3) is 2.79. The molecule has 0 spiro atoms. The van der Waals surface area contributed by atoms with Gasteiger partial charge >= 0.3 is 0 Å². The monoisotopic (exact) mass is 269 g/mol. The molecular formula is C14H20ClNO2. The van der Waals surface area contributed by atoms with Crippen LogP contribution in [-0.2, 0) is 5.60 Å². The van der Waals surface area contributed by atoms with Crippen LogP contribution < -0.4 is 4.74 Å². The summed E-state index contributed by atoms with van der Waals surface area (Å²) in [5, 5.41) is 11.4.